The van der Waals surface area contributed by atoms with E-state index in [1.165, 1.54) is 54.7 Å². The second kappa shape index (κ2) is 11.9. The fraction of sp³-hybridized carbons (Fsp3) is 0.0667. The van der Waals surface area contributed by atoms with Crippen LogP contribution in [0.3, 0.4) is 0 Å². The zero-order valence-electron chi connectivity index (χ0n) is 27.4. The normalized spacial score (nSPS) is 18.0. The average molecular weight is 646 g/mol. The summed E-state index contributed by atoms with van der Waals surface area (Å²) in [6, 6.07) is 63.4. The molecule has 5 nitrogen and oxygen atoms in total. The summed E-state index contributed by atoms with van der Waals surface area (Å²) in [6.07, 6.45) is -0.297. The van der Waals surface area contributed by atoms with Crippen molar-refractivity contribution < 1.29 is 0 Å². The molecule has 50 heavy (non-hydrogen) atoms. The molecule has 0 radical (unpaired) electrons. The lowest BCUT2D eigenvalue weighted by molar-refractivity contribution is 0.203. The number of rotatable bonds is 5. The van der Waals surface area contributed by atoms with Gasteiger partial charge < -0.3 is 9.13 Å². The van der Waals surface area contributed by atoms with Crippen molar-refractivity contribution in [2.45, 2.75) is 18.5 Å². The molecule has 0 saturated carbocycles. The average Bonchev–Trinajstić information content (AvgIpc) is 3.71. The summed E-state index contributed by atoms with van der Waals surface area (Å²) < 4.78 is 4.85. The summed E-state index contributed by atoms with van der Waals surface area (Å²) in [5.41, 5.74) is 10.5. The lowest BCUT2D eigenvalue weighted by atomic mass is 10.0. The fourth-order valence-corrected chi connectivity index (χ4v) is 7.96. The Kier molecular flexibility index (Phi) is 6.88. The molecule has 7 aromatic carbocycles. The van der Waals surface area contributed by atoms with Crippen LogP contribution in [0.1, 0.15) is 35.2 Å². The van der Waals surface area contributed by atoms with E-state index in [0.717, 1.165) is 16.9 Å². The molecule has 1 aliphatic rings. The first-order valence-corrected chi connectivity index (χ1v) is 17.3. The number of hydrogen-bond donors (Lipinski definition) is 3. The van der Waals surface area contributed by atoms with Gasteiger partial charge in [0, 0.05) is 32.9 Å². The number of para-hydroxylation sites is 4. The van der Waals surface area contributed by atoms with Crippen LogP contribution in [0, 0.1) is 0 Å². The van der Waals surface area contributed by atoms with Gasteiger partial charge in [-0.05, 0) is 59.2 Å². The van der Waals surface area contributed by atoms with E-state index in [1.54, 1.807) is 0 Å². The number of nitrogens with one attached hydrogen (secondary N) is 3. The Bertz CT molecular complexity index is 2370. The van der Waals surface area contributed by atoms with Gasteiger partial charge in [0.2, 0.25) is 0 Å². The molecule has 240 valence electrons. The van der Waals surface area contributed by atoms with Crippen LogP contribution in [0.5, 0.6) is 0 Å². The summed E-state index contributed by atoms with van der Waals surface area (Å²) in [5.74, 6) is 0. The minimum absolute atomic E-state index is 0.0683. The van der Waals surface area contributed by atoms with Crippen LogP contribution in [0.4, 0.5) is 0 Å². The molecule has 1 fully saturated rings. The minimum Gasteiger partial charge on any atom is -0.309 e. The number of nitrogens with zero attached hydrogens (tertiary/aromatic N) is 2. The minimum atomic E-state index is -0.161. The first kappa shape index (κ1) is 29.0. The predicted molar refractivity (Wildman–Crippen MR) is 206 cm³/mol. The lowest BCUT2D eigenvalue weighted by Gasteiger charge is -2.40. The van der Waals surface area contributed by atoms with Crippen LogP contribution >= 0.6 is 0 Å². The Balaban J connectivity index is 1.23. The SMILES string of the molecule is c1ccc(C2NC(c3ccccc3)NC(c3cc(-n4c5ccccc5c5ccccc54)cc(-n4c5ccccc5c5ccccc54)c3)N2)cc1. The maximum atomic E-state index is 3.94. The number of benzene rings is 7. The molecule has 9 aromatic rings. The van der Waals surface area contributed by atoms with Crippen molar-refractivity contribution in [2.24, 2.45) is 0 Å². The number of fused-ring (bicyclic) bond motifs is 6. The van der Waals surface area contributed by atoms with Crippen LogP contribution in [-0.2, 0) is 0 Å². The van der Waals surface area contributed by atoms with E-state index >= 15 is 0 Å². The fourth-order valence-electron chi connectivity index (χ4n) is 7.96. The Labute approximate surface area is 290 Å². The maximum absolute atomic E-state index is 3.94. The second-order valence-electron chi connectivity index (χ2n) is 13.1. The highest BCUT2D eigenvalue weighted by molar-refractivity contribution is 6.10. The molecule has 2 atom stereocenters. The summed E-state index contributed by atoms with van der Waals surface area (Å²) in [4.78, 5) is 0. The van der Waals surface area contributed by atoms with Crippen molar-refractivity contribution >= 4 is 43.6 Å². The highest BCUT2D eigenvalue weighted by Crippen LogP contribution is 2.37. The van der Waals surface area contributed by atoms with Crippen LogP contribution in [0.2, 0.25) is 0 Å². The van der Waals surface area contributed by atoms with E-state index in [9.17, 15) is 0 Å². The highest BCUT2D eigenvalue weighted by Gasteiger charge is 2.30. The van der Waals surface area contributed by atoms with Gasteiger partial charge >= 0.3 is 0 Å². The number of hydrogen-bond acceptors (Lipinski definition) is 3. The third-order valence-electron chi connectivity index (χ3n) is 10.2. The predicted octanol–water partition coefficient (Wildman–Crippen LogP) is 10.1. The molecule has 0 bridgehead atoms. The molecule has 10 rings (SSSR count). The Hall–Kier alpha value is -5.98. The van der Waals surface area contributed by atoms with Crippen molar-refractivity contribution in [3.63, 3.8) is 0 Å². The van der Waals surface area contributed by atoms with Gasteiger partial charge in [-0.1, -0.05) is 133 Å². The molecule has 0 spiro atoms. The van der Waals surface area contributed by atoms with Gasteiger partial charge in [-0.25, -0.2) is 0 Å². The molecule has 1 aliphatic heterocycles. The molecule has 3 heterocycles. The quantitative estimate of drug-likeness (QED) is 0.175. The third-order valence-corrected chi connectivity index (χ3v) is 10.2. The van der Waals surface area contributed by atoms with Crippen molar-refractivity contribution in [3.8, 4) is 11.4 Å². The smallest absolute Gasteiger partial charge is 0.0866 e. The summed E-state index contributed by atoms with van der Waals surface area (Å²) in [5, 5.41) is 16.7. The van der Waals surface area contributed by atoms with E-state index in [2.05, 4.69) is 201 Å². The maximum Gasteiger partial charge on any atom is 0.0866 e. The summed E-state index contributed by atoms with van der Waals surface area (Å²) in [6.45, 7) is 0. The van der Waals surface area contributed by atoms with Gasteiger partial charge in [-0.15, -0.1) is 0 Å². The zero-order chi connectivity index (χ0) is 33.0. The van der Waals surface area contributed by atoms with Gasteiger partial charge in [-0.3, -0.25) is 16.0 Å². The molecule has 0 amide bonds. The Morgan fingerprint density at radius 2 is 0.600 bits per heavy atom. The lowest BCUT2D eigenvalue weighted by Crippen LogP contribution is -2.54. The largest absolute Gasteiger partial charge is 0.309 e. The third kappa shape index (κ3) is 4.75. The van der Waals surface area contributed by atoms with Crippen LogP contribution < -0.4 is 16.0 Å². The van der Waals surface area contributed by atoms with Crippen LogP contribution in [0.15, 0.2) is 176 Å². The van der Waals surface area contributed by atoms with Crippen molar-refractivity contribution in [1.82, 2.24) is 25.1 Å². The van der Waals surface area contributed by atoms with Crippen molar-refractivity contribution in [2.75, 3.05) is 0 Å². The molecule has 2 aromatic heterocycles. The van der Waals surface area contributed by atoms with Gasteiger partial charge in [0.25, 0.3) is 0 Å². The van der Waals surface area contributed by atoms with Crippen LogP contribution in [-0.4, -0.2) is 9.13 Å². The van der Waals surface area contributed by atoms with E-state index in [4.69, 9.17) is 0 Å². The van der Waals surface area contributed by atoms with Gasteiger partial charge in [0.15, 0.2) is 0 Å². The first-order chi connectivity index (χ1) is 24.8. The van der Waals surface area contributed by atoms with E-state index in [-0.39, 0.29) is 18.5 Å². The monoisotopic (exact) mass is 645 g/mol. The van der Waals surface area contributed by atoms with Crippen molar-refractivity contribution in [1.29, 1.82) is 0 Å². The second-order valence-corrected chi connectivity index (χ2v) is 13.1. The summed E-state index contributed by atoms with van der Waals surface area (Å²) in [7, 11) is 0. The zero-order valence-corrected chi connectivity index (χ0v) is 27.4. The standard InChI is InChI=1S/C45H35N5/c1-3-15-30(16-4-1)43-46-44(31-17-5-2-6-18-31)48-45(47-43)32-27-33(49-39-23-11-7-19-35(39)36-20-8-12-24-40(36)49)29-34(28-32)50-41-25-13-9-21-37(41)38-22-10-14-26-42(38)50/h1-29,43-48H. The van der Waals surface area contributed by atoms with E-state index in [1.807, 2.05) is 0 Å². The van der Waals surface area contributed by atoms with Crippen molar-refractivity contribution in [3.05, 3.63) is 193 Å². The molecule has 1 saturated heterocycles. The molecule has 2 unspecified atom stereocenters. The molecular weight excluding hydrogens is 611 g/mol. The highest BCUT2D eigenvalue weighted by atomic mass is 15.4. The Morgan fingerprint density at radius 1 is 0.300 bits per heavy atom. The first-order valence-electron chi connectivity index (χ1n) is 17.3. The van der Waals surface area contributed by atoms with Gasteiger partial charge in [-0.2, -0.15) is 0 Å². The Morgan fingerprint density at radius 3 is 0.960 bits per heavy atom. The molecule has 3 N–H and O–H groups in total. The molecule has 0 aliphatic carbocycles. The van der Waals surface area contributed by atoms with Crippen LogP contribution in [0.25, 0.3) is 55.0 Å². The number of aromatic nitrogens is 2. The topological polar surface area (TPSA) is 46.0 Å². The molecular formula is C45H35N5. The van der Waals surface area contributed by atoms with Gasteiger partial charge in [0.1, 0.15) is 0 Å². The van der Waals surface area contributed by atoms with E-state index < -0.39 is 0 Å². The summed E-state index contributed by atoms with van der Waals surface area (Å²) >= 11 is 0. The van der Waals surface area contributed by atoms with E-state index in [0.29, 0.717) is 0 Å². The van der Waals surface area contributed by atoms with Gasteiger partial charge in [0.05, 0.1) is 40.6 Å². The molecule has 5 heteroatoms.